The molecule has 0 aromatic rings. The van der Waals surface area contributed by atoms with Crippen molar-refractivity contribution in [3.05, 3.63) is 12.2 Å². The Morgan fingerprint density at radius 1 is 0.488 bits per heavy atom. The van der Waals surface area contributed by atoms with Crippen LogP contribution < -0.4 is 0 Å². The van der Waals surface area contributed by atoms with Crippen molar-refractivity contribution in [1.82, 2.24) is 0 Å². The maximum Gasteiger partial charge on any atom is 0.434 e. The summed E-state index contributed by atoms with van der Waals surface area (Å²) in [5.41, 5.74) is -1.88. The van der Waals surface area contributed by atoms with Gasteiger partial charge in [0.05, 0.1) is 12.3 Å². The monoisotopic (exact) mass is 652 g/mol. The molecular weight excluding hydrogens is 642 g/mol. The molecule has 0 aromatic carbocycles. The van der Waals surface area contributed by atoms with E-state index in [2.05, 4.69) is 20.8 Å². The molecule has 0 heterocycles. The molecule has 0 rings (SSSR count). The van der Waals surface area contributed by atoms with Crippen molar-refractivity contribution < 1.29 is 108 Å². The summed E-state index contributed by atoms with van der Waals surface area (Å²) >= 11 is 0. The van der Waals surface area contributed by atoms with Crippen molar-refractivity contribution in [2.24, 2.45) is 5.92 Å². The number of halogens is 18. The Morgan fingerprint density at radius 3 is 1.10 bits per heavy atom. The highest BCUT2D eigenvalue weighted by molar-refractivity contribution is 5.89. The number of hydrogen-bond acceptors (Lipinski definition) is 6. The lowest BCUT2D eigenvalue weighted by atomic mass is 9.96. The maximum atomic E-state index is 12.7. The average molecular weight is 652 g/mol. The van der Waals surface area contributed by atoms with Gasteiger partial charge in [0.25, 0.3) is 18.3 Å². The van der Waals surface area contributed by atoms with E-state index < -0.39 is 97.6 Å². The first-order valence-electron chi connectivity index (χ1n) is 9.48. The number of carbonyl (C=O) groups is 3. The summed E-state index contributed by atoms with van der Waals surface area (Å²) in [4.78, 5) is 35.2. The second kappa shape index (κ2) is 12.4. The predicted octanol–water partition coefficient (Wildman–Crippen LogP) is 6.05. The molecule has 1 unspecified atom stereocenters. The third-order valence-corrected chi connectivity index (χ3v) is 4.02. The van der Waals surface area contributed by atoms with Gasteiger partial charge in [-0.05, 0) is 6.42 Å². The number of carbonyl (C=O) groups excluding carboxylic acids is 3. The maximum absolute atomic E-state index is 12.7. The normalized spacial score (nSPS) is 14.8. The Kier molecular flexibility index (Phi) is 11.5. The van der Waals surface area contributed by atoms with Crippen LogP contribution in [0.1, 0.15) is 12.8 Å². The second-order valence-electron chi connectivity index (χ2n) is 7.43. The molecule has 0 radical (unpaired) electrons. The van der Waals surface area contributed by atoms with Gasteiger partial charge in [-0.1, -0.05) is 6.58 Å². The fourth-order valence-corrected chi connectivity index (χ4v) is 2.36. The molecule has 240 valence electrons. The van der Waals surface area contributed by atoms with Crippen LogP contribution in [0.25, 0.3) is 0 Å². The molecule has 0 aliphatic carbocycles. The van der Waals surface area contributed by atoms with Gasteiger partial charge in [0.1, 0.15) is 0 Å². The Bertz CT molecular complexity index is 910. The van der Waals surface area contributed by atoms with E-state index in [1.807, 2.05) is 0 Å². The molecular formula is C17H10F18O6. The molecule has 41 heavy (non-hydrogen) atoms. The van der Waals surface area contributed by atoms with Gasteiger partial charge in [0, 0.05) is 5.57 Å². The van der Waals surface area contributed by atoms with Gasteiger partial charge in [0.15, 0.2) is 0 Å². The van der Waals surface area contributed by atoms with Crippen molar-refractivity contribution in [3.63, 3.8) is 0 Å². The van der Waals surface area contributed by atoms with Gasteiger partial charge < -0.3 is 14.2 Å². The Labute approximate surface area is 213 Å². The topological polar surface area (TPSA) is 78.9 Å². The molecule has 0 aromatic heterocycles. The minimum Gasteiger partial charge on any atom is -0.443 e. The fraction of sp³-hybridized carbons (Fsp3) is 0.706. The first kappa shape index (κ1) is 37.9. The summed E-state index contributed by atoms with van der Waals surface area (Å²) < 4.78 is 235. The Hall–Kier alpha value is -3.11. The second-order valence-corrected chi connectivity index (χ2v) is 7.43. The molecule has 0 amide bonds. The van der Waals surface area contributed by atoms with Crippen molar-refractivity contribution in [1.29, 1.82) is 0 Å². The summed E-state index contributed by atoms with van der Waals surface area (Å²) in [7, 11) is 0. The Morgan fingerprint density at radius 2 is 0.780 bits per heavy atom. The lowest BCUT2D eigenvalue weighted by Crippen LogP contribution is -2.47. The van der Waals surface area contributed by atoms with E-state index in [9.17, 15) is 93.4 Å². The highest BCUT2D eigenvalue weighted by Gasteiger charge is 2.62. The predicted molar refractivity (Wildman–Crippen MR) is 87.8 cm³/mol. The zero-order valence-electron chi connectivity index (χ0n) is 18.7. The van der Waals surface area contributed by atoms with Gasteiger partial charge in [-0.25, -0.2) is 4.79 Å². The van der Waals surface area contributed by atoms with Crippen LogP contribution in [0.15, 0.2) is 12.2 Å². The van der Waals surface area contributed by atoms with Gasteiger partial charge in [-0.15, -0.1) is 0 Å². The highest BCUT2D eigenvalue weighted by Crippen LogP contribution is 2.39. The standard InChI is InChI=1S/C17H10F18O6/c1-4(7(37)40-10(14(24,25)26)15(27,28)29)2-5(8(38)41-11(16(30,31)32)17(33,34)35)3-6(36)39-9(12(18,19)20)13(21,22)23/h5,9-11H,1-3H2. The smallest absolute Gasteiger partial charge is 0.434 e. The zero-order valence-corrected chi connectivity index (χ0v) is 18.7. The number of esters is 3. The molecule has 1 atom stereocenters. The van der Waals surface area contributed by atoms with E-state index in [1.54, 1.807) is 0 Å². The molecule has 0 aliphatic heterocycles. The third kappa shape index (κ3) is 12.1. The van der Waals surface area contributed by atoms with Gasteiger partial charge in [0.2, 0.25) is 0 Å². The quantitative estimate of drug-likeness (QED) is 0.131. The van der Waals surface area contributed by atoms with E-state index in [-0.39, 0.29) is 0 Å². The van der Waals surface area contributed by atoms with Crippen LogP contribution in [0, 0.1) is 5.92 Å². The number of ether oxygens (including phenoxy) is 3. The van der Waals surface area contributed by atoms with E-state index in [1.165, 1.54) is 0 Å². The first-order valence-corrected chi connectivity index (χ1v) is 9.48. The summed E-state index contributed by atoms with van der Waals surface area (Å²) in [6, 6.07) is 0. The minimum absolute atomic E-state index is 1.88. The molecule has 24 heteroatoms. The third-order valence-electron chi connectivity index (χ3n) is 4.02. The van der Waals surface area contributed by atoms with Crippen LogP contribution in [0.4, 0.5) is 79.0 Å². The van der Waals surface area contributed by atoms with Gasteiger partial charge in [-0.3, -0.25) is 9.59 Å². The number of hydrogen-bond donors (Lipinski definition) is 0. The summed E-state index contributed by atoms with van der Waals surface area (Å²) in [5, 5.41) is 0. The van der Waals surface area contributed by atoms with Crippen molar-refractivity contribution in [2.75, 3.05) is 0 Å². The lowest BCUT2D eigenvalue weighted by Gasteiger charge is -2.26. The van der Waals surface area contributed by atoms with Gasteiger partial charge >= 0.3 is 55.0 Å². The van der Waals surface area contributed by atoms with Crippen LogP contribution in [0.5, 0.6) is 0 Å². The SMILES string of the molecule is C=C(CC(CC(=O)OC(C(F)(F)F)C(F)(F)F)C(=O)OC(C(F)(F)F)C(F)(F)F)C(=O)OC(C(F)(F)F)C(F)(F)F. The molecule has 0 spiro atoms. The minimum atomic E-state index is -6.51. The molecule has 0 fully saturated rings. The van der Waals surface area contributed by atoms with Crippen LogP contribution in [-0.2, 0) is 28.6 Å². The molecule has 0 bridgehead atoms. The summed E-state index contributed by atoms with van der Waals surface area (Å²) in [6.07, 6.45) is -58.2. The largest absolute Gasteiger partial charge is 0.443 e. The van der Waals surface area contributed by atoms with E-state index >= 15 is 0 Å². The Balaban J connectivity index is 6.28. The first-order chi connectivity index (χ1) is 17.8. The molecule has 6 nitrogen and oxygen atoms in total. The number of alkyl halides is 18. The highest BCUT2D eigenvalue weighted by atomic mass is 19.4. The fourth-order valence-electron chi connectivity index (χ4n) is 2.36. The van der Waals surface area contributed by atoms with E-state index in [0.29, 0.717) is 0 Å². The van der Waals surface area contributed by atoms with E-state index in [4.69, 9.17) is 0 Å². The summed E-state index contributed by atoms with van der Waals surface area (Å²) in [6.45, 7) is 2.44. The molecule has 0 N–H and O–H groups in total. The van der Waals surface area contributed by atoms with Crippen LogP contribution in [-0.4, -0.2) is 73.3 Å². The van der Waals surface area contributed by atoms with E-state index in [0.717, 1.165) is 0 Å². The summed E-state index contributed by atoms with van der Waals surface area (Å²) in [5.74, 6) is -11.9. The van der Waals surface area contributed by atoms with Crippen LogP contribution in [0.3, 0.4) is 0 Å². The lowest BCUT2D eigenvalue weighted by molar-refractivity contribution is -0.316. The van der Waals surface area contributed by atoms with Crippen LogP contribution >= 0.6 is 0 Å². The van der Waals surface area contributed by atoms with Crippen molar-refractivity contribution in [2.45, 2.75) is 68.2 Å². The zero-order chi connectivity index (χ0) is 33.2. The van der Waals surface area contributed by atoms with Crippen LogP contribution in [0.2, 0.25) is 0 Å². The molecule has 0 saturated carbocycles. The molecule has 0 saturated heterocycles. The van der Waals surface area contributed by atoms with Gasteiger partial charge in [-0.2, -0.15) is 79.0 Å². The van der Waals surface area contributed by atoms with Crippen molar-refractivity contribution in [3.8, 4) is 0 Å². The average Bonchev–Trinajstić information content (AvgIpc) is 2.68. The number of rotatable bonds is 9. The van der Waals surface area contributed by atoms with Crippen molar-refractivity contribution >= 4 is 17.9 Å². The molecule has 0 aliphatic rings.